The van der Waals surface area contributed by atoms with Crippen LogP contribution >= 0.6 is 0 Å². The van der Waals surface area contributed by atoms with Crippen LogP contribution < -0.4 is 4.74 Å². The Morgan fingerprint density at radius 2 is 2.09 bits per heavy atom. The molecule has 1 aromatic rings. The lowest BCUT2D eigenvalue weighted by atomic mass is 9.75. The van der Waals surface area contributed by atoms with Crippen molar-refractivity contribution in [2.24, 2.45) is 11.8 Å². The number of aliphatic hydroxyl groups is 1. The molecule has 1 fully saturated rings. The van der Waals surface area contributed by atoms with Gasteiger partial charge in [0.15, 0.2) is 0 Å². The van der Waals surface area contributed by atoms with Crippen molar-refractivity contribution in [3.8, 4) is 11.5 Å². The molecule has 3 heteroatoms. The lowest BCUT2D eigenvalue weighted by Crippen LogP contribution is -2.39. The van der Waals surface area contributed by atoms with Crippen molar-refractivity contribution in [2.45, 2.75) is 51.0 Å². The van der Waals surface area contributed by atoms with Gasteiger partial charge in [0.05, 0.1) is 0 Å². The molecule has 2 aliphatic carbocycles. The van der Waals surface area contributed by atoms with Crippen molar-refractivity contribution < 1.29 is 14.9 Å². The van der Waals surface area contributed by atoms with E-state index in [4.69, 9.17) is 4.74 Å². The molecule has 0 aromatic heterocycles. The minimum Gasteiger partial charge on any atom is -0.508 e. The van der Waals surface area contributed by atoms with E-state index in [2.05, 4.69) is 13.0 Å². The van der Waals surface area contributed by atoms with Crippen molar-refractivity contribution in [1.82, 2.24) is 0 Å². The van der Waals surface area contributed by atoms with E-state index in [1.807, 2.05) is 18.2 Å². The Balaban J connectivity index is 1.68. The highest BCUT2D eigenvalue weighted by Crippen LogP contribution is 2.52. The molecule has 1 unspecified atom stereocenters. The molecule has 1 aliphatic heterocycles. The van der Waals surface area contributed by atoms with Crippen LogP contribution in [-0.4, -0.2) is 16.3 Å². The van der Waals surface area contributed by atoms with Crippen LogP contribution in [0.5, 0.6) is 11.5 Å². The lowest BCUT2D eigenvalue weighted by molar-refractivity contribution is 0.0671. The van der Waals surface area contributed by atoms with Gasteiger partial charge in [-0.05, 0) is 61.4 Å². The summed E-state index contributed by atoms with van der Waals surface area (Å²) in [5.74, 6) is 3.03. The summed E-state index contributed by atoms with van der Waals surface area (Å²) in [6, 6.07) is 5.51. The minimum absolute atomic E-state index is 0.172. The molecule has 2 N–H and O–H groups in total. The number of phenolic OH excluding ortho intramolecular Hbond substituents is 1. The van der Waals surface area contributed by atoms with E-state index in [1.54, 1.807) is 6.07 Å². The third kappa shape index (κ3) is 2.43. The zero-order chi connectivity index (χ0) is 16.0. The molecule has 4 atom stereocenters. The summed E-state index contributed by atoms with van der Waals surface area (Å²) in [6.45, 7) is 2.08. The predicted molar refractivity (Wildman–Crippen MR) is 89.8 cm³/mol. The molecular formula is C20H24O3. The summed E-state index contributed by atoms with van der Waals surface area (Å²) >= 11 is 0. The van der Waals surface area contributed by atoms with Gasteiger partial charge < -0.3 is 14.9 Å². The molecule has 1 saturated carbocycles. The molecule has 23 heavy (non-hydrogen) atoms. The Hall–Kier alpha value is -1.90. The van der Waals surface area contributed by atoms with Crippen molar-refractivity contribution >= 4 is 0 Å². The Bertz CT molecular complexity index is 673. The summed E-state index contributed by atoms with van der Waals surface area (Å²) in [5, 5.41) is 19.8. The number of allylic oxidation sites excluding steroid dienone is 2. The summed E-state index contributed by atoms with van der Waals surface area (Å²) in [6.07, 6.45) is 9.63. The first kappa shape index (κ1) is 14.7. The largest absolute Gasteiger partial charge is 0.508 e. The second-order valence-electron chi connectivity index (χ2n) is 7.04. The highest BCUT2D eigenvalue weighted by atomic mass is 16.5. The number of hydrogen-bond donors (Lipinski definition) is 2. The summed E-state index contributed by atoms with van der Waals surface area (Å²) in [4.78, 5) is 0. The third-order valence-corrected chi connectivity index (χ3v) is 5.78. The molecule has 1 aromatic carbocycles. The fraction of sp³-hybridized carbons (Fsp3) is 0.500. The number of ether oxygens (including phenoxy) is 1. The van der Waals surface area contributed by atoms with Crippen molar-refractivity contribution in [3.05, 3.63) is 47.2 Å². The molecule has 1 heterocycles. The smallest absolute Gasteiger partial charge is 0.123 e. The fourth-order valence-electron chi connectivity index (χ4n) is 4.66. The molecule has 4 rings (SSSR count). The minimum atomic E-state index is 0.172. The van der Waals surface area contributed by atoms with Crippen LogP contribution in [0.2, 0.25) is 0 Å². The number of benzene rings is 1. The average Bonchev–Trinajstić information content (AvgIpc) is 3.05. The first-order chi connectivity index (χ1) is 11.2. The molecule has 0 saturated heterocycles. The normalized spacial score (nSPS) is 32.4. The van der Waals surface area contributed by atoms with Crippen LogP contribution in [0.25, 0.3) is 0 Å². The van der Waals surface area contributed by atoms with Crippen LogP contribution in [0.3, 0.4) is 0 Å². The maximum atomic E-state index is 9.99. The van der Waals surface area contributed by atoms with Crippen molar-refractivity contribution in [2.75, 3.05) is 0 Å². The second-order valence-corrected chi connectivity index (χ2v) is 7.04. The van der Waals surface area contributed by atoms with Gasteiger partial charge >= 0.3 is 0 Å². The maximum absolute atomic E-state index is 9.99. The van der Waals surface area contributed by atoms with E-state index in [0.29, 0.717) is 29.3 Å². The Morgan fingerprint density at radius 3 is 2.91 bits per heavy atom. The van der Waals surface area contributed by atoms with Gasteiger partial charge in [-0.15, -0.1) is 0 Å². The zero-order valence-corrected chi connectivity index (χ0v) is 13.5. The number of rotatable bonds is 2. The van der Waals surface area contributed by atoms with Gasteiger partial charge in [0, 0.05) is 17.4 Å². The van der Waals surface area contributed by atoms with E-state index in [1.165, 1.54) is 24.8 Å². The first-order valence-corrected chi connectivity index (χ1v) is 8.77. The van der Waals surface area contributed by atoms with Crippen molar-refractivity contribution in [3.63, 3.8) is 0 Å². The monoisotopic (exact) mass is 312 g/mol. The topological polar surface area (TPSA) is 49.7 Å². The van der Waals surface area contributed by atoms with Gasteiger partial charge in [-0.3, -0.25) is 0 Å². The van der Waals surface area contributed by atoms with Crippen molar-refractivity contribution in [1.29, 1.82) is 0 Å². The predicted octanol–water partition coefficient (Wildman–Crippen LogP) is 4.84. The average molecular weight is 312 g/mol. The number of aliphatic hydroxyl groups excluding tert-OH is 1. The van der Waals surface area contributed by atoms with E-state index < -0.39 is 0 Å². The molecule has 0 radical (unpaired) electrons. The Kier molecular flexibility index (Phi) is 3.59. The van der Waals surface area contributed by atoms with Gasteiger partial charge in [0.25, 0.3) is 0 Å². The van der Waals surface area contributed by atoms with Crippen LogP contribution in [0.4, 0.5) is 0 Å². The Morgan fingerprint density at radius 1 is 1.22 bits per heavy atom. The quantitative estimate of drug-likeness (QED) is 0.822. The van der Waals surface area contributed by atoms with Gasteiger partial charge in [0.1, 0.15) is 23.4 Å². The van der Waals surface area contributed by atoms with Crippen LogP contribution in [0, 0.1) is 11.8 Å². The van der Waals surface area contributed by atoms with Crippen LogP contribution in [0.1, 0.15) is 50.5 Å². The molecule has 0 amide bonds. The molecule has 3 nitrogen and oxygen atoms in total. The fourth-order valence-corrected chi connectivity index (χ4v) is 4.66. The maximum Gasteiger partial charge on any atom is 0.123 e. The van der Waals surface area contributed by atoms with Crippen LogP contribution in [-0.2, 0) is 0 Å². The van der Waals surface area contributed by atoms with E-state index in [9.17, 15) is 10.2 Å². The number of phenols is 1. The van der Waals surface area contributed by atoms with Gasteiger partial charge in [-0.25, -0.2) is 0 Å². The van der Waals surface area contributed by atoms with Gasteiger partial charge in [-0.1, -0.05) is 19.4 Å². The number of hydrogen-bond acceptors (Lipinski definition) is 3. The van der Waals surface area contributed by atoms with Gasteiger partial charge in [0.2, 0.25) is 0 Å². The molecule has 0 bridgehead atoms. The van der Waals surface area contributed by atoms with E-state index >= 15 is 0 Å². The summed E-state index contributed by atoms with van der Waals surface area (Å²) in [7, 11) is 0. The van der Waals surface area contributed by atoms with Gasteiger partial charge in [-0.2, -0.15) is 0 Å². The third-order valence-electron chi connectivity index (χ3n) is 5.78. The highest BCUT2D eigenvalue weighted by Gasteiger charge is 2.44. The van der Waals surface area contributed by atoms with Crippen LogP contribution in [0.15, 0.2) is 41.7 Å². The standard InChI is InChI=1S/C20H24O3/c1-2-12-10-13(6-8-18(12)22)20-16-5-3-4-15(16)17-11-14(21)7-9-19(17)23-20/h7-11,13,15-16,20-22H,2-6H2,1H3/t13?,15-,16+,20-/m0/s1. The second kappa shape index (κ2) is 5.63. The Labute approximate surface area is 137 Å². The first-order valence-electron chi connectivity index (χ1n) is 8.77. The lowest BCUT2D eigenvalue weighted by Gasteiger charge is -2.40. The molecular weight excluding hydrogens is 288 g/mol. The molecule has 0 spiro atoms. The van der Waals surface area contributed by atoms with E-state index in [-0.39, 0.29) is 6.10 Å². The zero-order valence-electron chi connectivity index (χ0n) is 13.5. The SMILES string of the molecule is CCC1=CC([C@@H]2Oc3ccc(O)cc3[C@H]3CCC[C@H]32)CC=C1O. The number of fused-ring (bicyclic) bond motifs is 3. The highest BCUT2D eigenvalue weighted by molar-refractivity contribution is 5.45. The molecule has 3 aliphatic rings. The summed E-state index contributed by atoms with van der Waals surface area (Å²) < 4.78 is 6.40. The number of aromatic hydroxyl groups is 1. The van der Waals surface area contributed by atoms with E-state index in [0.717, 1.165) is 24.2 Å². The summed E-state index contributed by atoms with van der Waals surface area (Å²) in [5.41, 5.74) is 2.22. The molecule has 122 valence electrons.